The molecular formula is C24H39BClNO4. The number of rotatable bonds is 6. The molecule has 2 rings (SSSR count). The molecule has 0 aliphatic carbocycles. The number of halogens is 1. The summed E-state index contributed by atoms with van der Waals surface area (Å²) in [5, 5.41) is 0.630. The molecule has 1 aliphatic rings. The Labute approximate surface area is 193 Å². The number of carbonyl (C=O) groups excluding carboxylic acids is 1. The van der Waals surface area contributed by atoms with Gasteiger partial charge < -0.3 is 14.0 Å². The van der Waals surface area contributed by atoms with Gasteiger partial charge in [0.1, 0.15) is 11.0 Å². The van der Waals surface area contributed by atoms with Gasteiger partial charge in [0.15, 0.2) is 0 Å². The second-order valence-electron chi connectivity index (χ2n) is 10.8. The van der Waals surface area contributed by atoms with E-state index >= 15 is 0 Å². The topological polar surface area (TPSA) is 48.0 Å². The average Bonchev–Trinajstić information content (AvgIpc) is 2.85. The molecule has 31 heavy (non-hydrogen) atoms. The summed E-state index contributed by atoms with van der Waals surface area (Å²) >= 11 is 6.18. The minimum atomic E-state index is -0.929. The molecule has 0 N–H and O–H groups in total. The quantitative estimate of drug-likeness (QED) is 0.465. The molecule has 1 aliphatic heterocycles. The predicted octanol–water partition coefficient (Wildman–Crippen LogP) is 6.47. The third kappa shape index (κ3) is 5.58. The minimum absolute atomic E-state index is 0.265. The van der Waals surface area contributed by atoms with Gasteiger partial charge in [-0.3, -0.25) is 4.90 Å². The standard InChI is InChI=1S/C24H39BClNO4/c1-11-17(2)16-27(20(28)29-21(3,4)5)24(10,18-12-14-19(26)15-13-18)25-30-22(6,7)23(8,9)31-25/h12-15,17H,11,16H2,1-10H3. The number of nitrogens with zero attached hydrogens (tertiary/aromatic N) is 1. The first-order valence-corrected chi connectivity index (χ1v) is 11.5. The van der Waals surface area contributed by atoms with Gasteiger partial charge in [-0.25, -0.2) is 4.79 Å². The molecule has 1 aromatic rings. The van der Waals surface area contributed by atoms with Crippen molar-refractivity contribution >= 4 is 24.8 Å². The maximum Gasteiger partial charge on any atom is 0.490 e. The molecule has 0 radical (unpaired) electrons. The van der Waals surface area contributed by atoms with Crippen molar-refractivity contribution in [2.75, 3.05) is 6.54 Å². The summed E-state index contributed by atoms with van der Waals surface area (Å²) in [4.78, 5) is 15.3. The highest BCUT2D eigenvalue weighted by molar-refractivity contribution is 6.50. The van der Waals surface area contributed by atoms with Crippen LogP contribution in [0.2, 0.25) is 5.02 Å². The molecule has 7 heteroatoms. The first-order valence-electron chi connectivity index (χ1n) is 11.2. The van der Waals surface area contributed by atoms with E-state index < -0.39 is 29.4 Å². The van der Waals surface area contributed by atoms with Gasteiger partial charge in [-0.1, -0.05) is 44.0 Å². The highest BCUT2D eigenvalue weighted by Crippen LogP contribution is 2.45. The van der Waals surface area contributed by atoms with Crippen molar-refractivity contribution in [3.8, 4) is 0 Å². The zero-order valence-electron chi connectivity index (χ0n) is 20.8. The lowest BCUT2D eigenvalue weighted by Crippen LogP contribution is -2.60. The molecule has 0 spiro atoms. The lowest BCUT2D eigenvalue weighted by atomic mass is 9.60. The molecule has 2 atom stereocenters. The number of ether oxygens (including phenoxy) is 1. The fourth-order valence-electron chi connectivity index (χ4n) is 3.49. The summed E-state index contributed by atoms with van der Waals surface area (Å²) in [7, 11) is -0.685. The molecule has 0 aromatic heterocycles. The largest absolute Gasteiger partial charge is 0.490 e. The van der Waals surface area contributed by atoms with Crippen molar-refractivity contribution in [3.05, 3.63) is 34.9 Å². The Morgan fingerprint density at radius 3 is 2.00 bits per heavy atom. The Hall–Kier alpha value is -1.24. The summed E-state index contributed by atoms with van der Waals surface area (Å²) < 4.78 is 18.8. The van der Waals surface area contributed by atoms with Crippen LogP contribution in [0.1, 0.15) is 81.2 Å². The number of hydrogen-bond acceptors (Lipinski definition) is 4. The van der Waals surface area contributed by atoms with Gasteiger partial charge in [0.25, 0.3) is 0 Å². The molecule has 1 saturated heterocycles. The van der Waals surface area contributed by atoms with Gasteiger partial charge in [0, 0.05) is 11.6 Å². The van der Waals surface area contributed by atoms with Gasteiger partial charge in [-0.2, -0.15) is 0 Å². The molecule has 0 bridgehead atoms. The van der Waals surface area contributed by atoms with E-state index in [1.165, 1.54) is 0 Å². The maximum atomic E-state index is 13.5. The minimum Gasteiger partial charge on any atom is -0.444 e. The first-order chi connectivity index (χ1) is 14.0. The van der Waals surface area contributed by atoms with Gasteiger partial charge in [-0.15, -0.1) is 0 Å². The number of benzene rings is 1. The molecule has 174 valence electrons. The van der Waals surface area contributed by atoms with Crippen LogP contribution in [0, 0.1) is 5.92 Å². The lowest BCUT2D eigenvalue weighted by molar-refractivity contribution is 0.00156. The fraction of sp³-hybridized carbons (Fsp3) is 0.708. The van der Waals surface area contributed by atoms with Crippen molar-refractivity contribution in [3.63, 3.8) is 0 Å². The predicted molar refractivity (Wildman–Crippen MR) is 127 cm³/mol. The smallest absolute Gasteiger partial charge is 0.444 e. The Morgan fingerprint density at radius 2 is 1.58 bits per heavy atom. The van der Waals surface area contributed by atoms with E-state index in [2.05, 4.69) is 13.8 Å². The van der Waals surface area contributed by atoms with E-state index in [0.29, 0.717) is 11.6 Å². The summed E-state index contributed by atoms with van der Waals surface area (Å²) in [5.74, 6) is 0.265. The first kappa shape index (κ1) is 26.0. The van der Waals surface area contributed by atoms with Gasteiger partial charge in [-0.05, 0) is 79.0 Å². The van der Waals surface area contributed by atoms with Crippen LogP contribution in [-0.4, -0.2) is 41.5 Å². The van der Waals surface area contributed by atoms with E-state index in [9.17, 15) is 4.79 Å². The zero-order valence-corrected chi connectivity index (χ0v) is 21.6. The van der Waals surface area contributed by atoms with Gasteiger partial charge in [0.05, 0.1) is 11.2 Å². The van der Waals surface area contributed by atoms with Crippen molar-refractivity contribution in [1.29, 1.82) is 0 Å². The Kier molecular flexibility index (Phi) is 7.52. The SMILES string of the molecule is CCC(C)CN(C(=O)OC(C)(C)C)C(C)(B1OC(C)(C)C(C)(C)O1)c1ccc(Cl)cc1. The van der Waals surface area contributed by atoms with Crippen LogP contribution in [0.15, 0.2) is 24.3 Å². The summed E-state index contributed by atoms with van der Waals surface area (Å²) in [6.07, 6.45) is 0.541. The van der Waals surface area contributed by atoms with Crippen molar-refractivity contribution < 1.29 is 18.8 Å². The second-order valence-corrected chi connectivity index (χ2v) is 11.3. The van der Waals surface area contributed by atoms with Crippen molar-refractivity contribution in [2.24, 2.45) is 5.92 Å². The van der Waals surface area contributed by atoms with E-state index in [1.807, 2.05) is 79.7 Å². The normalized spacial score (nSPS) is 20.8. The van der Waals surface area contributed by atoms with Crippen LogP contribution < -0.4 is 0 Å². The zero-order chi connectivity index (χ0) is 23.8. The third-order valence-electron chi connectivity index (χ3n) is 6.51. The van der Waals surface area contributed by atoms with Crippen LogP contribution in [0.25, 0.3) is 0 Å². The summed E-state index contributed by atoms with van der Waals surface area (Å²) in [5.41, 5.74) is -1.75. The number of carbonyl (C=O) groups is 1. The second kappa shape index (κ2) is 8.95. The van der Waals surface area contributed by atoms with Crippen LogP contribution >= 0.6 is 11.6 Å². The van der Waals surface area contributed by atoms with Crippen LogP contribution in [0.3, 0.4) is 0 Å². The molecule has 5 nitrogen and oxygen atoms in total. The molecule has 1 aromatic carbocycles. The van der Waals surface area contributed by atoms with Crippen LogP contribution in [0.5, 0.6) is 0 Å². The van der Waals surface area contributed by atoms with Crippen LogP contribution in [0.4, 0.5) is 4.79 Å². The van der Waals surface area contributed by atoms with Crippen molar-refractivity contribution in [1.82, 2.24) is 4.90 Å². The average molecular weight is 452 g/mol. The Bertz CT molecular complexity index is 759. The number of hydrogen-bond donors (Lipinski definition) is 0. The lowest BCUT2D eigenvalue weighted by Gasteiger charge is -2.44. The van der Waals surface area contributed by atoms with Crippen molar-refractivity contribution in [2.45, 2.75) is 97.9 Å². The highest BCUT2D eigenvalue weighted by atomic mass is 35.5. The Morgan fingerprint density at radius 1 is 1.10 bits per heavy atom. The van der Waals surface area contributed by atoms with E-state index in [1.54, 1.807) is 4.90 Å². The summed E-state index contributed by atoms with van der Waals surface area (Å²) in [6, 6.07) is 7.52. The van der Waals surface area contributed by atoms with Crippen LogP contribution in [-0.2, 0) is 19.5 Å². The fourth-order valence-corrected chi connectivity index (χ4v) is 3.62. The molecular weight excluding hydrogens is 413 g/mol. The maximum absolute atomic E-state index is 13.5. The molecule has 1 fully saturated rings. The van der Waals surface area contributed by atoms with E-state index in [0.717, 1.165) is 12.0 Å². The molecule has 2 unspecified atom stereocenters. The molecule has 1 heterocycles. The third-order valence-corrected chi connectivity index (χ3v) is 6.76. The molecule has 0 saturated carbocycles. The summed E-state index contributed by atoms with van der Waals surface area (Å²) in [6.45, 7) is 20.4. The van der Waals surface area contributed by atoms with E-state index in [4.69, 9.17) is 25.6 Å². The monoisotopic (exact) mass is 451 g/mol. The van der Waals surface area contributed by atoms with E-state index in [-0.39, 0.29) is 12.0 Å². The van der Waals surface area contributed by atoms with Gasteiger partial charge in [0.2, 0.25) is 0 Å². The Balaban J connectivity index is 2.64. The van der Waals surface area contributed by atoms with Gasteiger partial charge >= 0.3 is 13.2 Å². The molecule has 1 amide bonds. The highest BCUT2D eigenvalue weighted by Gasteiger charge is 2.61. The number of amides is 1.